The van der Waals surface area contributed by atoms with Crippen molar-refractivity contribution in [3.63, 3.8) is 0 Å². The smallest absolute Gasteiger partial charge is 0.251 e. The summed E-state index contributed by atoms with van der Waals surface area (Å²) in [6.45, 7) is 10.6. The van der Waals surface area contributed by atoms with Crippen LogP contribution in [0.1, 0.15) is 93.5 Å². The molecule has 3 aliphatic carbocycles. The SMILES string of the molecule is CC1CC2CC(C(=O)NCCCNC(=O)c3ccc(F)cc3)(C1)CC(C)[C@@H]2OO[C@H]1CC[C@@H](c2ccc(OCCN3CCOCC3)cc2)CC1. The Morgan fingerprint density at radius 3 is 2.36 bits per heavy atom. The summed E-state index contributed by atoms with van der Waals surface area (Å²) >= 11 is 0. The number of nitrogens with zero attached hydrogens (tertiary/aromatic N) is 1. The standard InChI is InChI=1S/C40H56FN3O6/c1-28-24-33-27-40(25-28,39(46)43-17-3-16-42-38(45)32-4-10-34(41)11-5-32)26-29(2)37(33)50-49-36-14-8-31(9-15-36)30-6-12-35(13-7-30)48-23-20-44-18-21-47-22-19-44/h4-7,10-13,28-29,31,33,36-37H,3,8-9,14-27H2,1-2H3,(H,42,45)(H,43,46)/t28?,29?,31-,33?,36+,37-,40?/m0/s1. The first-order valence-corrected chi connectivity index (χ1v) is 18.9. The molecule has 10 heteroatoms. The van der Waals surface area contributed by atoms with E-state index in [-0.39, 0.29) is 47.1 Å². The van der Waals surface area contributed by atoms with Gasteiger partial charge in [0.15, 0.2) is 0 Å². The van der Waals surface area contributed by atoms with E-state index in [2.05, 4.69) is 53.6 Å². The average molecular weight is 694 g/mol. The highest BCUT2D eigenvalue weighted by Gasteiger charge is 2.53. The molecule has 4 aliphatic rings. The van der Waals surface area contributed by atoms with Crippen molar-refractivity contribution in [3.8, 4) is 5.75 Å². The zero-order valence-corrected chi connectivity index (χ0v) is 29.9. The Bertz CT molecular complexity index is 1370. The van der Waals surface area contributed by atoms with Crippen LogP contribution in [-0.4, -0.2) is 81.5 Å². The third-order valence-electron chi connectivity index (χ3n) is 11.5. The van der Waals surface area contributed by atoms with Gasteiger partial charge in [-0.15, -0.1) is 0 Å². The highest BCUT2D eigenvalue weighted by Crippen LogP contribution is 2.54. The van der Waals surface area contributed by atoms with Crippen molar-refractivity contribution in [1.29, 1.82) is 0 Å². The molecule has 2 N–H and O–H groups in total. The predicted molar refractivity (Wildman–Crippen MR) is 189 cm³/mol. The van der Waals surface area contributed by atoms with Crippen molar-refractivity contribution < 1.29 is 33.2 Å². The maximum absolute atomic E-state index is 13.6. The van der Waals surface area contributed by atoms with E-state index in [0.717, 1.165) is 90.0 Å². The Hall–Kier alpha value is -3.05. The third-order valence-corrected chi connectivity index (χ3v) is 11.5. The molecule has 274 valence electrons. The number of carbonyl (C=O) groups is 2. The molecule has 5 atom stereocenters. The van der Waals surface area contributed by atoms with Gasteiger partial charge in [0.2, 0.25) is 5.91 Å². The molecule has 2 aromatic carbocycles. The summed E-state index contributed by atoms with van der Waals surface area (Å²) < 4.78 is 24.6. The summed E-state index contributed by atoms with van der Waals surface area (Å²) in [5.74, 6) is 1.90. The number of rotatable bonds is 14. The number of hydrogen-bond acceptors (Lipinski definition) is 7. The van der Waals surface area contributed by atoms with Crippen LogP contribution in [-0.2, 0) is 19.3 Å². The second-order valence-electron chi connectivity index (χ2n) is 15.3. The number of ether oxygens (including phenoxy) is 2. The van der Waals surface area contributed by atoms with E-state index in [1.54, 1.807) is 0 Å². The molecule has 50 heavy (non-hydrogen) atoms. The van der Waals surface area contributed by atoms with Crippen LogP contribution in [0.15, 0.2) is 48.5 Å². The Balaban J connectivity index is 0.899. The van der Waals surface area contributed by atoms with Gasteiger partial charge in [-0.2, -0.15) is 0 Å². The van der Waals surface area contributed by atoms with Crippen molar-refractivity contribution in [3.05, 3.63) is 65.5 Å². The number of carbonyl (C=O) groups excluding carboxylic acids is 2. The average Bonchev–Trinajstić information content (AvgIpc) is 3.12. The zero-order valence-electron chi connectivity index (χ0n) is 29.9. The summed E-state index contributed by atoms with van der Waals surface area (Å²) in [5.41, 5.74) is 1.40. The number of amides is 2. The second-order valence-corrected chi connectivity index (χ2v) is 15.3. The highest BCUT2D eigenvalue weighted by atomic mass is 19.1. The highest BCUT2D eigenvalue weighted by molar-refractivity contribution is 5.94. The number of fused-ring (bicyclic) bond motifs is 2. The lowest BCUT2D eigenvalue weighted by Gasteiger charge is -2.51. The molecule has 2 amide bonds. The summed E-state index contributed by atoms with van der Waals surface area (Å²) in [5, 5.41) is 6.03. The third kappa shape index (κ3) is 9.63. The summed E-state index contributed by atoms with van der Waals surface area (Å²) in [6.07, 6.45) is 8.36. The van der Waals surface area contributed by atoms with Crippen molar-refractivity contribution >= 4 is 11.8 Å². The lowest BCUT2D eigenvalue weighted by atomic mass is 9.55. The predicted octanol–water partition coefficient (Wildman–Crippen LogP) is 6.28. The van der Waals surface area contributed by atoms with E-state index in [0.29, 0.717) is 43.5 Å². The van der Waals surface area contributed by atoms with Gasteiger partial charge in [0.25, 0.3) is 5.91 Å². The van der Waals surface area contributed by atoms with Crippen LogP contribution in [0.2, 0.25) is 0 Å². The largest absolute Gasteiger partial charge is 0.492 e. The van der Waals surface area contributed by atoms with Gasteiger partial charge in [-0.1, -0.05) is 26.0 Å². The Morgan fingerprint density at radius 1 is 0.900 bits per heavy atom. The van der Waals surface area contributed by atoms with Gasteiger partial charge in [-0.25, -0.2) is 14.2 Å². The molecule has 3 saturated carbocycles. The fourth-order valence-corrected chi connectivity index (χ4v) is 8.97. The Labute approximate surface area is 296 Å². The molecule has 2 bridgehead atoms. The lowest BCUT2D eigenvalue weighted by Crippen LogP contribution is -2.54. The van der Waals surface area contributed by atoms with E-state index >= 15 is 0 Å². The fraction of sp³-hybridized carbons (Fsp3) is 0.650. The molecule has 4 fully saturated rings. The van der Waals surface area contributed by atoms with Gasteiger partial charge in [0.1, 0.15) is 18.2 Å². The van der Waals surface area contributed by atoms with Crippen molar-refractivity contribution in [2.75, 3.05) is 52.5 Å². The fourth-order valence-electron chi connectivity index (χ4n) is 8.97. The molecule has 0 aromatic heterocycles. The first kappa shape index (κ1) is 36.7. The van der Waals surface area contributed by atoms with Crippen molar-refractivity contribution in [2.45, 2.75) is 89.8 Å². The molecule has 4 unspecified atom stereocenters. The van der Waals surface area contributed by atoms with Crippen molar-refractivity contribution in [1.82, 2.24) is 15.5 Å². The first-order valence-electron chi connectivity index (χ1n) is 18.9. The van der Waals surface area contributed by atoms with Gasteiger partial charge in [-0.3, -0.25) is 14.5 Å². The minimum atomic E-state index is -0.389. The molecule has 1 heterocycles. The van der Waals surface area contributed by atoms with Crippen LogP contribution in [0.3, 0.4) is 0 Å². The molecule has 2 aromatic rings. The van der Waals surface area contributed by atoms with E-state index in [4.69, 9.17) is 19.2 Å². The van der Waals surface area contributed by atoms with E-state index < -0.39 is 0 Å². The molecular weight excluding hydrogens is 637 g/mol. The quantitative estimate of drug-likeness (QED) is 0.137. The Kier molecular flexibility index (Phi) is 12.8. The topological polar surface area (TPSA) is 98.4 Å². The zero-order chi connectivity index (χ0) is 34.9. The van der Waals surface area contributed by atoms with Gasteiger partial charge in [-0.05, 0) is 123 Å². The van der Waals surface area contributed by atoms with E-state index in [9.17, 15) is 14.0 Å². The van der Waals surface area contributed by atoms with Crippen LogP contribution >= 0.6 is 0 Å². The maximum Gasteiger partial charge on any atom is 0.251 e. The number of nitrogens with one attached hydrogen (secondary N) is 2. The number of benzene rings is 2. The molecule has 9 nitrogen and oxygen atoms in total. The number of morpholine rings is 1. The van der Waals surface area contributed by atoms with Crippen LogP contribution in [0.5, 0.6) is 5.75 Å². The van der Waals surface area contributed by atoms with Gasteiger partial charge in [0.05, 0.1) is 30.8 Å². The monoisotopic (exact) mass is 693 g/mol. The van der Waals surface area contributed by atoms with Crippen LogP contribution < -0.4 is 15.4 Å². The van der Waals surface area contributed by atoms with Crippen molar-refractivity contribution in [2.24, 2.45) is 23.2 Å². The van der Waals surface area contributed by atoms with Gasteiger partial charge in [0, 0.05) is 38.3 Å². The Morgan fingerprint density at radius 2 is 1.62 bits per heavy atom. The van der Waals surface area contributed by atoms with Crippen LogP contribution in [0, 0.1) is 29.0 Å². The molecule has 1 aliphatic heterocycles. The first-order chi connectivity index (χ1) is 24.3. The molecular formula is C40H56FN3O6. The summed E-state index contributed by atoms with van der Waals surface area (Å²) in [4.78, 5) is 40.8. The number of hydrogen-bond donors (Lipinski definition) is 2. The molecule has 1 saturated heterocycles. The van der Waals surface area contributed by atoms with Gasteiger partial charge >= 0.3 is 0 Å². The normalized spacial score (nSPS) is 30.0. The summed E-state index contributed by atoms with van der Waals surface area (Å²) in [6, 6.07) is 14.1. The van der Waals surface area contributed by atoms with Gasteiger partial charge < -0.3 is 20.1 Å². The molecule has 0 radical (unpaired) electrons. The van der Waals surface area contributed by atoms with Crippen LogP contribution in [0.4, 0.5) is 4.39 Å². The number of halogens is 1. The minimum absolute atomic E-state index is 0.00568. The molecule has 0 spiro atoms. The maximum atomic E-state index is 13.6. The summed E-state index contributed by atoms with van der Waals surface area (Å²) in [7, 11) is 0. The molecule has 6 rings (SSSR count). The van der Waals surface area contributed by atoms with Crippen LogP contribution in [0.25, 0.3) is 0 Å². The lowest BCUT2D eigenvalue weighted by molar-refractivity contribution is -0.378. The second kappa shape index (κ2) is 17.4. The van der Waals surface area contributed by atoms with E-state index in [1.165, 1.54) is 29.8 Å². The minimum Gasteiger partial charge on any atom is -0.492 e. The van der Waals surface area contributed by atoms with E-state index in [1.807, 2.05) is 0 Å².